The van der Waals surface area contributed by atoms with Gasteiger partial charge in [0, 0.05) is 19.0 Å². The van der Waals surface area contributed by atoms with E-state index in [0.29, 0.717) is 5.91 Å². The summed E-state index contributed by atoms with van der Waals surface area (Å²) >= 11 is 0. The molecule has 0 unspecified atom stereocenters. The van der Waals surface area contributed by atoms with Crippen LogP contribution in [-0.2, 0) is 4.79 Å². The van der Waals surface area contributed by atoms with Gasteiger partial charge in [0.2, 0.25) is 5.91 Å². The molecule has 1 fully saturated rings. The van der Waals surface area contributed by atoms with E-state index in [0.717, 1.165) is 25.6 Å². The zero-order chi connectivity index (χ0) is 11.3. The second kappa shape index (κ2) is 7.91. The number of nitrogens with one attached hydrogen (secondary N) is 1. The average molecular weight is 249 g/mol. The Bertz CT molecular complexity index is 201. The SMILES string of the molecule is CNCCC1CCN(C(=O)C(C)C)CC1.Cl. The maximum atomic E-state index is 11.7. The number of rotatable bonds is 4. The summed E-state index contributed by atoms with van der Waals surface area (Å²) in [5, 5.41) is 3.19. The lowest BCUT2D eigenvalue weighted by Crippen LogP contribution is -2.40. The van der Waals surface area contributed by atoms with Crippen molar-refractivity contribution in [3.63, 3.8) is 0 Å². The number of hydrogen-bond donors (Lipinski definition) is 1. The van der Waals surface area contributed by atoms with Gasteiger partial charge in [-0.25, -0.2) is 0 Å². The summed E-state index contributed by atoms with van der Waals surface area (Å²) in [6.45, 7) is 6.99. The summed E-state index contributed by atoms with van der Waals surface area (Å²) in [7, 11) is 2.00. The van der Waals surface area contributed by atoms with Crippen molar-refractivity contribution in [1.29, 1.82) is 0 Å². The van der Waals surface area contributed by atoms with E-state index in [1.54, 1.807) is 0 Å². The van der Waals surface area contributed by atoms with E-state index < -0.39 is 0 Å². The molecule has 0 atom stereocenters. The Kier molecular flexibility index (Phi) is 7.77. The molecule has 16 heavy (non-hydrogen) atoms. The van der Waals surface area contributed by atoms with Gasteiger partial charge in [-0.2, -0.15) is 0 Å². The Morgan fingerprint density at radius 1 is 1.38 bits per heavy atom. The van der Waals surface area contributed by atoms with Gasteiger partial charge in [-0.15, -0.1) is 12.4 Å². The predicted molar refractivity (Wildman–Crippen MR) is 69.9 cm³/mol. The fraction of sp³-hybridized carbons (Fsp3) is 0.917. The molecule has 4 heteroatoms. The van der Waals surface area contributed by atoms with Crippen LogP contribution in [0.3, 0.4) is 0 Å². The maximum Gasteiger partial charge on any atom is 0.225 e. The van der Waals surface area contributed by atoms with Crippen LogP contribution in [-0.4, -0.2) is 37.5 Å². The standard InChI is InChI=1S/C12H24N2O.ClH/c1-10(2)12(15)14-8-5-11(6-9-14)4-7-13-3;/h10-11,13H,4-9H2,1-3H3;1H. The summed E-state index contributed by atoms with van der Waals surface area (Å²) < 4.78 is 0. The molecule has 1 aliphatic heterocycles. The zero-order valence-electron chi connectivity index (χ0n) is 10.7. The molecule has 0 bridgehead atoms. The summed E-state index contributed by atoms with van der Waals surface area (Å²) in [6.07, 6.45) is 3.61. The molecule has 0 aromatic carbocycles. The quantitative estimate of drug-likeness (QED) is 0.825. The van der Waals surface area contributed by atoms with Gasteiger partial charge in [0.05, 0.1) is 0 Å². The minimum atomic E-state index is 0. The number of nitrogens with zero attached hydrogens (tertiary/aromatic N) is 1. The third-order valence-corrected chi connectivity index (χ3v) is 3.22. The number of carbonyl (C=O) groups is 1. The first-order chi connectivity index (χ1) is 7.15. The van der Waals surface area contributed by atoms with Crippen LogP contribution in [0.1, 0.15) is 33.1 Å². The fourth-order valence-corrected chi connectivity index (χ4v) is 2.16. The Morgan fingerprint density at radius 2 is 1.94 bits per heavy atom. The van der Waals surface area contributed by atoms with Crippen LogP contribution < -0.4 is 5.32 Å². The molecule has 0 spiro atoms. The molecule has 1 rings (SSSR count). The third kappa shape index (κ3) is 4.71. The van der Waals surface area contributed by atoms with Crippen molar-refractivity contribution in [1.82, 2.24) is 10.2 Å². The molecule has 1 amide bonds. The van der Waals surface area contributed by atoms with Gasteiger partial charge >= 0.3 is 0 Å². The molecule has 0 saturated carbocycles. The molecule has 0 radical (unpaired) electrons. The number of carbonyl (C=O) groups excluding carboxylic acids is 1. The highest BCUT2D eigenvalue weighted by Gasteiger charge is 2.23. The lowest BCUT2D eigenvalue weighted by molar-refractivity contribution is -0.135. The van der Waals surface area contributed by atoms with E-state index in [1.165, 1.54) is 19.3 Å². The normalized spacial score (nSPS) is 17.4. The molecule has 0 aliphatic carbocycles. The zero-order valence-corrected chi connectivity index (χ0v) is 11.5. The summed E-state index contributed by atoms with van der Waals surface area (Å²) in [6, 6.07) is 0. The van der Waals surface area contributed by atoms with Crippen molar-refractivity contribution in [3.8, 4) is 0 Å². The molecule has 1 aliphatic rings. The van der Waals surface area contributed by atoms with Gasteiger partial charge in [-0.3, -0.25) is 4.79 Å². The minimum Gasteiger partial charge on any atom is -0.342 e. The van der Waals surface area contributed by atoms with Crippen molar-refractivity contribution in [2.75, 3.05) is 26.7 Å². The van der Waals surface area contributed by atoms with Crippen molar-refractivity contribution < 1.29 is 4.79 Å². The number of hydrogen-bond acceptors (Lipinski definition) is 2. The molecule has 3 nitrogen and oxygen atoms in total. The molecular formula is C12H25ClN2O. The Morgan fingerprint density at radius 3 is 2.38 bits per heavy atom. The Labute approximate surface area is 105 Å². The Balaban J connectivity index is 0.00000225. The van der Waals surface area contributed by atoms with Gasteiger partial charge < -0.3 is 10.2 Å². The second-order valence-electron chi connectivity index (χ2n) is 4.82. The van der Waals surface area contributed by atoms with Crippen molar-refractivity contribution >= 4 is 18.3 Å². The molecule has 1 N–H and O–H groups in total. The number of likely N-dealkylation sites (tertiary alicyclic amines) is 1. The van der Waals surface area contributed by atoms with Crippen LogP contribution in [0.15, 0.2) is 0 Å². The van der Waals surface area contributed by atoms with Gasteiger partial charge in [-0.05, 0) is 38.8 Å². The Hall–Kier alpha value is -0.280. The highest BCUT2D eigenvalue weighted by Crippen LogP contribution is 2.21. The van der Waals surface area contributed by atoms with Gasteiger partial charge in [-0.1, -0.05) is 13.8 Å². The first kappa shape index (κ1) is 15.7. The van der Waals surface area contributed by atoms with Gasteiger partial charge in [0.15, 0.2) is 0 Å². The van der Waals surface area contributed by atoms with E-state index in [-0.39, 0.29) is 18.3 Å². The predicted octanol–water partition coefficient (Wildman–Crippen LogP) is 1.91. The number of piperidine rings is 1. The van der Waals surface area contributed by atoms with E-state index in [4.69, 9.17) is 0 Å². The molecule has 0 aromatic rings. The van der Waals surface area contributed by atoms with Crippen LogP contribution in [0.5, 0.6) is 0 Å². The van der Waals surface area contributed by atoms with Crippen molar-refractivity contribution in [2.45, 2.75) is 33.1 Å². The highest BCUT2D eigenvalue weighted by atomic mass is 35.5. The largest absolute Gasteiger partial charge is 0.342 e. The smallest absolute Gasteiger partial charge is 0.225 e. The highest BCUT2D eigenvalue weighted by molar-refractivity contribution is 5.85. The molecule has 96 valence electrons. The van der Waals surface area contributed by atoms with Gasteiger partial charge in [0.25, 0.3) is 0 Å². The molecule has 0 aromatic heterocycles. The fourth-order valence-electron chi connectivity index (χ4n) is 2.16. The lowest BCUT2D eigenvalue weighted by atomic mass is 9.93. The van der Waals surface area contributed by atoms with Crippen LogP contribution in [0.25, 0.3) is 0 Å². The summed E-state index contributed by atoms with van der Waals surface area (Å²) in [5.41, 5.74) is 0. The number of halogens is 1. The van der Waals surface area contributed by atoms with E-state index in [2.05, 4.69) is 5.32 Å². The van der Waals surface area contributed by atoms with Crippen LogP contribution in [0, 0.1) is 11.8 Å². The van der Waals surface area contributed by atoms with Crippen LogP contribution >= 0.6 is 12.4 Å². The van der Waals surface area contributed by atoms with Crippen LogP contribution in [0.4, 0.5) is 0 Å². The minimum absolute atomic E-state index is 0. The van der Waals surface area contributed by atoms with Gasteiger partial charge in [0.1, 0.15) is 0 Å². The third-order valence-electron chi connectivity index (χ3n) is 3.22. The van der Waals surface area contributed by atoms with E-state index in [9.17, 15) is 4.79 Å². The van der Waals surface area contributed by atoms with Crippen LogP contribution in [0.2, 0.25) is 0 Å². The lowest BCUT2D eigenvalue weighted by Gasteiger charge is -2.33. The number of amides is 1. The van der Waals surface area contributed by atoms with E-state index >= 15 is 0 Å². The average Bonchev–Trinajstić information content (AvgIpc) is 2.26. The summed E-state index contributed by atoms with van der Waals surface area (Å²) in [4.78, 5) is 13.8. The molecule has 1 heterocycles. The van der Waals surface area contributed by atoms with Crippen molar-refractivity contribution in [3.05, 3.63) is 0 Å². The molecular weight excluding hydrogens is 224 g/mol. The molecule has 1 saturated heterocycles. The first-order valence-electron chi connectivity index (χ1n) is 6.08. The maximum absolute atomic E-state index is 11.7. The monoisotopic (exact) mass is 248 g/mol. The second-order valence-corrected chi connectivity index (χ2v) is 4.82. The van der Waals surface area contributed by atoms with E-state index in [1.807, 2.05) is 25.8 Å². The topological polar surface area (TPSA) is 32.3 Å². The van der Waals surface area contributed by atoms with Crippen molar-refractivity contribution in [2.24, 2.45) is 11.8 Å². The first-order valence-corrected chi connectivity index (χ1v) is 6.08. The summed E-state index contributed by atoms with van der Waals surface area (Å²) in [5.74, 6) is 1.29.